The molecule has 22 N–H and O–H groups in total. The Hall–Kier alpha value is -10.8. The monoisotopic (exact) mass is 1740 g/mol. The molecular formula is C79H84Cl4N12O25. The maximum absolute atomic E-state index is 16.3. The summed E-state index contributed by atoms with van der Waals surface area (Å²) < 4.78 is 39.4. The number of carbonyl (C=O) groups is 9. The first-order valence-corrected chi connectivity index (χ1v) is 38.8. The predicted molar refractivity (Wildman–Crippen MR) is 423 cm³/mol. The Morgan fingerprint density at radius 3 is 1.95 bits per heavy atom. The fourth-order valence-corrected chi connectivity index (χ4v) is 15.5. The van der Waals surface area contributed by atoms with Gasteiger partial charge in [-0.2, -0.15) is 0 Å². The molecule has 638 valence electrons. The van der Waals surface area contributed by atoms with E-state index >= 15 is 19.2 Å². The molecule has 8 heterocycles. The summed E-state index contributed by atoms with van der Waals surface area (Å²) in [6, 6.07) is 5.07. The lowest BCUT2D eigenvalue weighted by Crippen LogP contribution is -2.65. The van der Waals surface area contributed by atoms with Gasteiger partial charge in [-0.1, -0.05) is 78.5 Å². The van der Waals surface area contributed by atoms with Crippen molar-refractivity contribution in [1.29, 1.82) is 0 Å². The molecule has 0 aliphatic carbocycles. The van der Waals surface area contributed by atoms with Crippen molar-refractivity contribution >= 4 is 105 Å². The van der Waals surface area contributed by atoms with E-state index in [2.05, 4.69) is 52.8 Å². The smallest absolute Gasteiger partial charge is 0.270 e. The lowest BCUT2D eigenvalue weighted by molar-refractivity contribution is -0.334. The van der Waals surface area contributed by atoms with Gasteiger partial charge < -0.3 is 128 Å². The number of nitrogens with one attached hydrogen (secondary N) is 10. The number of benzene rings is 6. The molecule has 18 unspecified atom stereocenters. The van der Waals surface area contributed by atoms with Gasteiger partial charge in [0.1, 0.15) is 95.5 Å². The van der Waals surface area contributed by atoms with Crippen molar-refractivity contribution in [2.24, 2.45) is 11.7 Å². The lowest BCUT2D eigenvalue weighted by atomic mass is 9.84. The number of aromatic nitrogens is 1. The standard InChI is InChI=1S/C79H84Cl4N12O25/c1-30(2)12-46(85-5)71(107)93-61-63(101)34-7-10-50(44(82)17-34)116-52-19-36-20-53(67(52)120-78-68(66(104)65(103)54(29-96)118-78)119-56-25-79(4,69(105)31(3)115-56)87-27-32-13-40(28-86-26-32)88-70(106)37-14-38(80)21-39(81)15-37)117-51-11-8-35(18-45(51)83)64(102)62-76(112)92-60(77(113)95-114)43-22-41(97)23-49(99)57(43)42-16-33(6-9-48(42)98)58(73(109)94-62)91-74(110)59(36)90-72(108)47(24-55(84)100)89-75(61)111/h6-11,13-23,26,28,30-31,46-47,54,56,58-66,68-69,78,85,87,96-99,101-105,114H,12,24-25,27,29H2,1-5H3,(H2,84,100)(H,88,106)(H,89,111)(H,90,108)(H,91,110)(H,92,112)(H,93,107)(H,94,109)(H,95,113). The van der Waals surface area contributed by atoms with Gasteiger partial charge >= 0.3 is 0 Å². The van der Waals surface area contributed by atoms with E-state index in [4.69, 9.17) is 80.6 Å². The zero-order valence-corrected chi connectivity index (χ0v) is 67.1. The molecule has 0 saturated carbocycles. The van der Waals surface area contributed by atoms with Crippen LogP contribution in [-0.4, -0.2) is 202 Å². The van der Waals surface area contributed by atoms with Gasteiger partial charge in [-0.3, -0.25) is 53.3 Å². The van der Waals surface area contributed by atoms with Crippen molar-refractivity contribution in [1.82, 2.24) is 53.0 Å². The van der Waals surface area contributed by atoms with E-state index in [9.17, 15) is 75.1 Å². The second-order valence-electron chi connectivity index (χ2n) is 29.8. The number of pyridine rings is 1. The average Bonchev–Trinajstić information content (AvgIpc) is 0.764. The zero-order chi connectivity index (χ0) is 86.8. The fraction of sp³-hybridized carbons (Fsp3) is 0.367. The maximum Gasteiger partial charge on any atom is 0.270 e. The number of ether oxygens (including phenoxy) is 6. The molecule has 18 atom stereocenters. The molecule has 11 bridgehead atoms. The van der Waals surface area contributed by atoms with E-state index in [1.54, 1.807) is 13.0 Å². The Morgan fingerprint density at radius 1 is 0.692 bits per heavy atom. The third-order valence-electron chi connectivity index (χ3n) is 20.7. The van der Waals surface area contributed by atoms with Crippen LogP contribution < -0.4 is 73.3 Å². The minimum Gasteiger partial charge on any atom is -0.508 e. The number of halogens is 4. The summed E-state index contributed by atoms with van der Waals surface area (Å²) in [5, 5.41) is 139. The Balaban J connectivity index is 1.03. The maximum atomic E-state index is 16.3. The van der Waals surface area contributed by atoms with Gasteiger partial charge in [-0.25, -0.2) is 5.48 Å². The number of phenols is 3. The molecule has 14 rings (SSSR count). The fourth-order valence-electron chi connectivity index (χ4n) is 14.6. The number of hydrogen-bond acceptors (Lipinski definition) is 28. The van der Waals surface area contributed by atoms with Crippen LogP contribution in [-0.2, 0) is 59.1 Å². The molecule has 1 aromatic heterocycles. The summed E-state index contributed by atoms with van der Waals surface area (Å²) in [7, 11) is 1.47. The van der Waals surface area contributed by atoms with E-state index in [-0.39, 0.29) is 69.0 Å². The molecule has 9 amide bonds. The Labute approximate surface area is 702 Å². The van der Waals surface area contributed by atoms with Gasteiger partial charge in [0, 0.05) is 57.5 Å². The number of carbonyl (C=O) groups excluding carboxylic acids is 9. The van der Waals surface area contributed by atoms with Crippen molar-refractivity contribution in [3.8, 4) is 57.1 Å². The first-order chi connectivity index (χ1) is 56.9. The minimum atomic E-state index is -2.39. The van der Waals surface area contributed by atoms with Crippen molar-refractivity contribution in [3.05, 3.63) is 175 Å². The Kier molecular flexibility index (Phi) is 27.3. The molecule has 37 nitrogen and oxygen atoms in total. The summed E-state index contributed by atoms with van der Waals surface area (Å²) in [5.74, 6) is -16.5. The molecule has 7 aliphatic heterocycles. The molecule has 6 aromatic carbocycles. The Morgan fingerprint density at radius 2 is 1.32 bits per heavy atom. The van der Waals surface area contributed by atoms with Crippen molar-refractivity contribution in [3.63, 3.8) is 0 Å². The predicted octanol–water partition coefficient (Wildman–Crippen LogP) is 3.31. The highest BCUT2D eigenvalue weighted by atomic mass is 35.5. The SMILES string of the molecule is CNC(CC(C)C)C(=O)NC1C(=O)NC(CC(N)=O)C(=O)NC2C(=O)NC3C(=O)NC(C(=O)NC(C(=O)NO)c4cc(O)cc(O)c4-c4cc3ccc4O)C(O)c3ccc(c(Cl)c3)Oc3cc2cc(c3OC2OC(CO)C(O)C(O)C2OC2CC(C)(NCc3cncc(NC(=O)c4cc(Cl)cc(Cl)c4)c3)C(O)C(C)O2)Oc2ccc(cc2Cl)C1O. The van der Waals surface area contributed by atoms with Gasteiger partial charge in [0.15, 0.2) is 23.9 Å². The Bertz CT molecular complexity index is 5130. The number of fused-ring (bicyclic) bond motifs is 15. The highest BCUT2D eigenvalue weighted by Gasteiger charge is 2.52. The number of likely N-dealkylation sites (N-methyl/N-ethyl adjacent to an activating group) is 1. The minimum absolute atomic E-state index is 0.0203. The van der Waals surface area contributed by atoms with E-state index in [0.29, 0.717) is 5.56 Å². The number of aromatic hydroxyl groups is 3. The number of phenolic OH excluding ortho intramolecular Hbond substituents is 3. The van der Waals surface area contributed by atoms with Crippen LogP contribution in [0.4, 0.5) is 5.69 Å². The number of primary amides is 1. The van der Waals surface area contributed by atoms with E-state index in [1.165, 1.54) is 62.2 Å². The van der Waals surface area contributed by atoms with Crippen molar-refractivity contribution in [2.75, 3.05) is 19.0 Å². The molecular weight excluding hydrogens is 1660 g/mol. The lowest BCUT2D eigenvalue weighted by Gasteiger charge is -2.48. The van der Waals surface area contributed by atoms with Crippen LogP contribution in [0, 0.1) is 5.92 Å². The number of anilines is 1. The van der Waals surface area contributed by atoms with E-state index in [1.807, 2.05) is 13.8 Å². The normalized spacial score (nSPS) is 26.5. The third kappa shape index (κ3) is 19.5. The first kappa shape index (κ1) is 88.5. The molecule has 0 radical (unpaired) electrons. The average molecular weight is 1740 g/mol. The molecule has 120 heavy (non-hydrogen) atoms. The van der Waals surface area contributed by atoms with Crippen LogP contribution in [0.3, 0.4) is 0 Å². The van der Waals surface area contributed by atoms with Crippen LogP contribution in [0.15, 0.2) is 116 Å². The van der Waals surface area contributed by atoms with Gasteiger partial charge in [-0.15, -0.1) is 0 Å². The quantitative estimate of drug-likeness (QED) is 0.0433. The van der Waals surface area contributed by atoms with Crippen LogP contribution in [0.25, 0.3) is 11.1 Å². The highest BCUT2D eigenvalue weighted by molar-refractivity contribution is 6.35. The number of amides is 9. The third-order valence-corrected chi connectivity index (χ3v) is 21.8. The first-order valence-electron chi connectivity index (χ1n) is 37.3. The number of aliphatic hydroxyl groups excluding tert-OH is 6. The second kappa shape index (κ2) is 37.0. The molecule has 2 fully saturated rings. The van der Waals surface area contributed by atoms with Crippen LogP contribution in [0.1, 0.15) is 121 Å². The summed E-state index contributed by atoms with van der Waals surface area (Å²) >= 11 is 26.7. The topological polar surface area (TPSA) is 571 Å². The number of nitrogens with two attached hydrogens (primary N) is 1. The second-order valence-corrected chi connectivity index (χ2v) is 31.5. The largest absolute Gasteiger partial charge is 0.508 e. The number of hydrogen-bond donors (Lipinski definition) is 21. The van der Waals surface area contributed by atoms with Gasteiger partial charge in [-0.05, 0) is 145 Å². The molecule has 7 aliphatic rings. The van der Waals surface area contributed by atoms with Gasteiger partial charge in [0.2, 0.25) is 53.4 Å². The van der Waals surface area contributed by atoms with Crippen LogP contribution >= 0.6 is 46.4 Å². The summed E-state index contributed by atoms with van der Waals surface area (Å²) in [5.41, 5.74) is 3.82. The molecule has 2 saturated heterocycles. The number of nitrogens with zero attached hydrogens (tertiary/aromatic N) is 1. The van der Waals surface area contributed by atoms with Crippen LogP contribution in [0.2, 0.25) is 20.1 Å². The molecule has 7 aromatic rings. The van der Waals surface area contributed by atoms with Crippen molar-refractivity contribution < 1.29 is 123 Å². The van der Waals surface area contributed by atoms with E-state index in [0.717, 1.165) is 66.7 Å². The molecule has 41 heteroatoms. The molecule has 0 spiro atoms. The van der Waals surface area contributed by atoms with Gasteiger partial charge in [0.25, 0.3) is 11.8 Å². The summed E-state index contributed by atoms with van der Waals surface area (Å²) in [6.07, 6.45) is -16.5. The number of hydroxylamine groups is 1. The summed E-state index contributed by atoms with van der Waals surface area (Å²) in [6.45, 7) is 5.73. The zero-order valence-electron chi connectivity index (χ0n) is 64.0. The van der Waals surface area contributed by atoms with E-state index < -0.39 is 248 Å². The number of rotatable bonds is 18. The summed E-state index contributed by atoms with van der Waals surface area (Å²) in [4.78, 5) is 136. The van der Waals surface area contributed by atoms with Gasteiger partial charge in [0.05, 0.1) is 53.2 Å². The number of aliphatic hydroxyl groups is 6. The van der Waals surface area contributed by atoms with Crippen LogP contribution in [0.5, 0.6) is 46.0 Å². The van der Waals surface area contributed by atoms with Crippen molar-refractivity contribution in [2.45, 2.75) is 163 Å². The highest BCUT2D eigenvalue weighted by Crippen LogP contribution is 2.50.